The van der Waals surface area contributed by atoms with Gasteiger partial charge in [-0.3, -0.25) is 5.32 Å². The van der Waals surface area contributed by atoms with E-state index in [9.17, 15) is 0 Å². The van der Waals surface area contributed by atoms with Gasteiger partial charge in [0.15, 0.2) is 0 Å². The molecule has 1 heterocycles. The van der Waals surface area contributed by atoms with Crippen molar-refractivity contribution >= 4 is 28.4 Å². The van der Waals surface area contributed by atoms with Crippen LogP contribution in [-0.2, 0) is 0 Å². The molecule has 31 heavy (non-hydrogen) atoms. The summed E-state index contributed by atoms with van der Waals surface area (Å²) in [5.41, 5.74) is 7.08. The molecule has 4 heteroatoms. The number of alkyl halides is 1. The van der Waals surface area contributed by atoms with E-state index in [-0.39, 0.29) is 10.3 Å². The molecule has 1 aliphatic rings. The maximum Gasteiger partial charge on any atom is 0.133 e. The Morgan fingerprint density at radius 3 is 1.81 bits per heavy atom. The molecule has 0 aliphatic carbocycles. The molecule has 0 radical (unpaired) electrons. The average Bonchev–Trinajstić information content (AvgIpc) is 2.85. The van der Waals surface area contributed by atoms with Gasteiger partial charge < -0.3 is 5.32 Å². The number of amidine groups is 1. The fourth-order valence-corrected chi connectivity index (χ4v) is 4.44. The minimum atomic E-state index is -0.101. The highest BCUT2D eigenvalue weighted by atomic mass is 127. The molecule has 2 unspecified atom stereocenters. The number of nitrogens with one attached hydrogen (secondary N) is 2. The lowest BCUT2D eigenvalue weighted by Gasteiger charge is -2.28. The molecule has 1 aliphatic heterocycles. The van der Waals surface area contributed by atoms with Crippen molar-refractivity contribution in [2.75, 3.05) is 0 Å². The first-order valence-electron chi connectivity index (χ1n) is 10.3. The molecule has 3 nitrogen and oxygen atoms in total. The third kappa shape index (κ3) is 4.55. The van der Waals surface area contributed by atoms with Crippen LogP contribution in [0.25, 0.3) is 22.3 Å². The summed E-state index contributed by atoms with van der Waals surface area (Å²) >= 11 is 2.37. The van der Waals surface area contributed by atoms with Crippen LogP contribution in [0.1, 0.15) is 17.3 Å². The van der Waals surface area contributed by atoms with Crippen LogP contribution in [0.2, 0.25) is 0 Å². The van der Waals surface area contributed by atoms with Gasteiger partial charge in [-0.1, -0.05) is 103 Å². The SMILES string of the molecule is IC1NC(c2ccc(-c3ccccc3)cc2)=NC(c2cccc(-c3ccccc3)c2)N1. The third-order valence-electron chi connectivity index (χ3n) is 5.40. The Hall–Kier alpha value is -2.96. The second-order valence-corrected chi connectivity index (χ2v) is 8.73. The number of halogens is 1. The lowest BCUT2D eigenvalue weighted by Crippen LogP contribution is -2.47. The molecule has 4 aromatic rings. The zero-order chi connectivity index (χ0) is 21.0. The number of nitrogens with zero attached hydrogens (tertiary/aromatic N) is 1. The number of aliphatic imine (C=N–C) groups is 1. The van der Waals surface area contributed by atoms with E-state index in [2.05, 4.69) is 130 Å². The number of benzene rings is 4. The van der Waals surface area contributed by atoms with Crippen molar-refractivity contribution in [1.29, 1.82) is 0 Å². The van der Waals surface area contributed by atoms with Crippen molar-refractivity contribution in [3.63, 3.8) is 0 Å². The summed E-state index contributed by atoms with van der Waals surface area (Å²) in [4.78, 5) is 5.00. The van der Waals surface area contributed by atoms with Crippen LogP contribution in [0.3, 0.4) is 0 Å². The summed E-state index contributed by atoms with van der Waals surface area (Å²) in [5, 5.41) is 7.00. The van der Waals surface area contributed by atoms with Crippen molar-refractivity contribution < 1.29 is 0 Å². The molecule has 0 saturated carbocycles. The molecule has 2 N–H and O–H groups in total. The van der Waals surface area contributed by atoms with E-state index >= 15 is 0 Å². The second kappa shape index (κ2) is 9.04. The Bertz CT molecular complexity index is 1190. The topological polar surface area (TPSA) is 36.4 Å². The molecule has 2 atom stereocenters. The normalized spacial score (nSPS) is 18.2. The largest absolute Gasteiger partial charge is 0.346 e. The first-order chi connectivity index (χ1) is 15.3. The highest BCUT2D eigenvalue weighted by Gasteiger charge is 2.22. The summed E-state index contributed by atoms with van der Waals surface area (Å²) < 4.78 is 0.0873. The highest BCUT2D eigenvalue weighted by Crippen LogP contribution is 2.27. The monoisotopic (exact) mass is 515 g/mol. The molecule has 0 aromatic heterocycles. The molecule has 4 aromatic carbocycles. The van der Waals surface area contributed by atoms with E-state index in [1.54, 1.807) is 0 Å². The van der Waals surface area contributed by atoms with Gasteiger partial charge in [0.1, 0.15) is 16.2 Å². The van der Waals surface area contributed by atoms with Crippen molar-refractivity contribution in [2.24, 2.45) is 4.99 Å². The number of hydrogen-bond donors (Lipinski definition) is 2. The summed E-state index contributed by atoms with van der Waals surface area (Å²) in [5.74, 6) is 0.910. The standard InChI is InChI=1S/C27H22IN3/c28-27-30-25(22-16-14-21(15-17-22)19-8-3-1-4-9-19)29-26(31-27)24-13-7-12-23(18-24)20-10-5-2-6-11-20/h1-18,26-27,31H,(H,29,30). The lowest BCUT2D eigenvalue weighted by atomic mass is 10.0. The Morgan fingerprint density at radius 2 is 1.13 bits per heavy atom. The van der Waals surface area contributed by atoms with E-state index in [1.165, 1.54) is 22.3 Å². The molecule has 5 rings (SSSR count). The van der Waals surface area contributed by atoms with E-state index in [1.807, 2.05) is 12.1 Å². The van der Waals surface area contributed by atoms with Gasteiger partial charge in [-0.2, -0.15) is 0 Å². The van der Waals surface area contributed by atoms with Gasteiger partial charge in [-0.05, 0) is 56.5 Å². The van der Waals surface area contributed by atoms with Gasteiger partial charge in [0.2, 0.25) is 0 Å². The molecule has 0 saturated heterocycles. The molecule has 0 amide bonds. The molecule has 0 fully saturated rings. The van der Waals surface area contributed by atoms with E-state index in [0.29, 0.717) is 0 Å². The Morgan fingerprint density at radius 1 is 0.581 bits per heavy atom. The van der Waals surface area contributed by atoms with Gasteiger partial charge >= 0.3 is 0 Å². The summed E-state index contributed by atoms with van der Waals surface area (Å²) in [7, 11) is 0. The summed E-state index contributed by atoms with van der Waals surface area (Å²) in [6.45, 7) is 0. The van der Waals surface area contributed by atoms with Gasteiger partial charge in [0.05, 0.1) is 0 Å². The average molecular weight is 515 g/mol. The Labute approximate surface area is 196 Å². The first-order valence-corrected chi connectivity index (χ1v) is 11.6. The Balaban J connectivity index is 1.44. The zero-order valence-corrected chi connectivity index (χ0v) is 19.0. The van der Waals surface area contributed by atoms with Gasteiger partial charge in [-0.15, -0.1) is 0 Å². The number of hydrogen-bond acceptors (Lipinski definition) is 3. The van der Waals surface area contributed by atoms with Crippen LogP contribution in [0.5, 0.6) is 0 Å². The predicted molar refractivity (Wildman–Crippen MR) is 137 cm³/mol. The van der Waals surface area contributed by atoms with Crippen LogP contribution in [-0.4, -0.2) is 10.0 Å². The van der Waals surface area contributed by atoms with Crippen LogP contribution in [0.15, 0.2) is 114 Å². The third-order valence-corrected chi connectivity index (χ3v) is 6.07. The highest BCUT2D eigenvalue weighted by molar-refractivity contribution is 14.1. The quantitative estimate of drug-likeness (QED) is 0.188. The predicted octanol–water partition coefficient (Wildman–Crippen LogP) is 6.38. The maximum atomic E-state index is 5.00. The van der Waals surface area contributed by atoms with Crippen molar-refractivity contribution in [1.82, 2.24) is 10.6 Å². The molecular formula is C27H22IN3. The zero-order valence-electron chi connectivity index (χ0n) is 16.9. The van der Waals surface area contributed by atoms with Crippen molar-refractivity contribution in [2.45, 2.75) is 10.3 Å². The molecule has 0 spiro atoms. The van der Waals surface area contributed by atoms with Crippen LogP contribution in [0, 0.1) is 0 Å². The molecular weight excluding hydrogens is 493 g/mol. The lowest BCUT2D eigenvalue weighted by molar-refractivity contribution is 0.502. The van der Waals surface area contributed by atoms with E-state index in [0.717, 1.165) is 17.0 Å². The smallest absolute Gasteiger partial charge is 0.133 e. The molecule has 0 bridgehead atoms. The van der Waals surface area contributed by atoms with E-state index in [4.69, 9.17) is 4.99 Å². The fourth-order valence-electron chi connectivity index (χ4n) is 3.80. The molecule has 152 valence electrons. The fraction of sp³-hybridized carbons (Fsp3) is 0.0741. The van der Waals surface area contributed by atoms with E-state index < -0.39 is 0 Å². The van der Waals surface area contributed by atoms with Crippen LogP contribution < -0.4 is 10.6 Å². The van der Waals surface area contributed by atoms with Crippen molar-refractivity contribution in [3.05, 3.63) is 120 Å². The van der Waals surface area contributed by atoms with Gasteiger partial charge in [0, 0.05) is 5.56 Å². The Kier molecular flexibility index (Phi) is 5.82. The second-order valence-electron chi connectivity index (χ2n) is 7.49. The summed E-state index contributed by atoms with van der Waals surface area (Å²) in [6, 6.07) is 38.1. The van der Waals surface area contributed by atoms with Crippen LogP contribution in [0.4, 0.5) is 0 Å². The van der Waals surface area contributed by atoms with Crippen molar-refractivity contribution in [3.8, 4) is 22.3 Å². The number of rotatable bonds is 4. The van der Waals surface area contributed by atoms with Gasteiger partial charge in [-0.25, -0.2) is 4.99 Å². The first kappa shape index (κ1) is 20.0. The van der Waals surface area contributed by atoms with Gasteiger partial charge in [0.25, 0.3) is 0 Å². The minimum absolute atomic E-state index is 0.0873. The van der Waals surface area contributed by atoms with Crippen LogP contribution >= 0.6 is 22.6 Å². The summed E-state index contributed by atoms with van der Waals surface area (Å²) in [6.07, 6.45) is -0.101. The maximum absolute atomic E-state index is 5.00. The minimum Gasteiger partial charge on any atom is -0.346 e.